The minimum Gasteiger partial charge on any atom is -0.440 e. The zero-order valence-electron chi connectivity index (χ0n) is 15.8. The normalized spacial score (nSPS) is 19.8. The van der Waals surface area contributed by atoms with Crippen molar-refractivity contribution in [3.63, 3.8) is 0 Å². The first-order valence-corrected chi connectivity index (χ1v) is 10.3. The standard InChI is InChI=1S/C19H24ClN3O2S.2ClH/c1-12-16(4-3-9-21-12)23-19(24)13(2)26-11-18-22-10-17(25-18)14-5-7-15(20)8-6-14;;/h5-8,10,12-13,16,21H,3-4,9,11H2,1-2H3,(H,23,24);2*1H. The number of nitrogens with one attached hydrogen (secondary N) is 2. The van der Waals surface area contributed by atoms with E-state index in [4.69, 9.17) is 16.0 Å². The van der Waals surface area contributed by atoms with Crippen LogP contribution in [0.1, 0.15) is 32.6 Å². The molecule has 1 aromatic heterocycles. The van der Waals surface area contributed by atoms with Crippen molar-refractivity contribution in [3.05, 3.63) is 41.4 Å². The van der Waals surface area contributed by atoms with Crippen molar-refractivity contribution in [2.24, 2.45) is 0 Å². The van der Waals surface area contributed by atoms with E-state index in [9.17, 15) is 4.79 Å². The predicted molar refractivity (Wildman–Crippen MR) is 121 cm³/mol. The molecule has 2 aromatic rings. The van der Waals surface area contributed by atoms with E-state index in [1.54, 1.807) is 6.20 Å². The molecule has 3 unspecified atom stereocenters. The summed E-state index contributed by atoms with van der Waals surface area (Å²) in [7, 11) is 0. The lowest BCUT2D eigenvalue weighted by molar-refractivity contribution is -0.121. The maximum Gasteiger partial charge on any atom is 0.233 e. The molecule has 3 atom stereocenters. The number of hydrogen-bond donors (Lipinski definition) is 2. The first kappa shape index (κ1) is 25.1. The molecule has 1 saturated heterocycles. The Hall–Kier alpha value is -0.920. The zero-order chi connectivity index (χ0) is 18.5. The molecule has 1 amide bonds. The summed E-state index contributed by atoms with van der Waals surface area (Å²) in [5, 5.41) is 7.09. The number of halogens is 3. The third-order valence-corrected chi connectivity index (χ3v) is 5.98. The lowest BCUT2D eigenvalue weighted by atomic mass is 10.00. The summed E-state index contributed by atoms with van der Waals surface area (Å²) in [4.78, 5) is 16.7. The van der Waals surface area contributed by atoms with Crippen LogP contribution in [0, 0.1) is 0 Å². The SMILES string of the molecule is CC(SCc1ncc(-c2ccc(Cl)cc2)o1)C(=O)NC1CCCNC1C.Cl.Cl. The highest BCUT2D eigenvalue weighted by atomic mass is 35.5. The van der Waals surface area contributed by atoms with Crippen LogP contribution in [-0.2, 0) is 10.5 Å². The van der Waals surface area contributed by atoms with Crippen molar-refractivity contribution in [1.82, 2.24) is 15.6 Å². The number of amides is 1. The summed E-state index contributed by atoms with van der Waals surface area (Å²) < 4.78 is 5.79. The molecule has 0 spiro atoms. The van der Waals surface area contributed by atoms with Crippen LogP contribution in [0.5, 0.6) is 0 Å². The highest BCUT2D eigenvalue weighted by Gasteiger charge is 2.24. The fraction of sp³-hybridized carbons (Fsp3) is 0.474. The van der Waals surface area contributed by atoms with Crippen LogP contribution in [0.15, 0.2) is 34.9 Å². The van der Waals surface area contributed by atoms with Gasteiger partial charge in [-0.15, -0.1) is 36.6 Å². The lowest BCUT2D eigenvalue weighted by Gasteiger charge is -2.31. The maximum atomic E-state index is 12.4. The number of carbonyl (C=O) groups excluding carboxylic acids is 1. The molecule has 1 aromatic carbocycles. The third kappa shape index (κ3) is 6.85. The van der Waals surface area contributed by atoms with Gasteiger partial charge in [-0.3, -0.25) is 4.79 Å². The van der Waals surface area contributed by atoms with Crippen LogP contribution < -0.4 is 10.6 Å². The second-order valence-corrected chi connectivity index (χ2v) is 8.34. The molecule has 156 valence electrons. The van der Waals surface area contributed by atoms with E-state index >= 15 is 0 Å². The average Bonchev–Trinajstić information content (AvgIpc) is 3.11. The monoisotopic (exact) mass is 465 g/mol. The number of oxazole rings is 1. The molecular weight excluding hydrogens is 441 g/mol. The number of carbonyl (C=O) groups is 1. The van der Waals surface area contributed by atoms with Gasteiger partial charge in [0, 0.05) is 22.7 Å². The van der Waals surface area contributed by atoms with Gasteiger partial charge in [0.2, 0.25) is 11.8 Å². The smallest absolute Gasteiger partial charge is 0.233 e. The summed E-state index contributed by atoms with van der Waals surface area (Å²) in [6.45, 7) is 5.06. The molecule has 9 heteroatoms. The Labute approximate surface area is 187 Å². The van der Waals surface area contributed by atoms with Gasteiger partial charge in [-0.05, 0) is 57.5 Å². The van der Waals surface area contributed by atoms with Gasteiger partial charge in [0.1, 0.15) is 0 Å². The van der Waals surface area contributed by atoms with Crippen LogP contribution in [0.4, 0.5) is 0 Å². The summed E-state index contributed by atoms with van der Waals surface area (Å²) >= 11 is 7.43. The van der Waals surface area contributed by atoms with Crippen molar-refractivity contribution >= 4 is 54.1 Å². The van der Waals surface area contributed by atoms with Gasteiger partial charge in [0.05, 0.1) is 17.2 Å². The number of nitrogens with zero attached hydrogens (tertiary/aromatic N) is 1. The molecule has 3 rings (SSSR count). The molecule has 1 aliphatic heterocycles. The van der Waals surface area contributed by atoms with E-state index in [0.717, 1.165) is 24.9 Å². The fourth-order valence-electron chi connectivity index (χ4n) is 2.94. The molecule has 0 saturated carbocycles. The molecule has 0 bridgehead atoms. The Kier molecular flexibility index (Phi) is 10.7. The van der Waals surface area contributed by atoms with E-state index in [2.05, 4.69) is 22.5 Å². The minimum atomic E-state index is -0.157. The number of benzene rings is 1. The van der Waals surface area contributed by atoms with Crippen molar-refractivity contribution in [1.29, 1.82) is 0 Å². The summed E-state index contributed by atoms with van der Waals surface area (Å²) in [5.74, 6) is 1.95. The van der Waals surface area contributed by atoms with Gasteiger partial charge >= 0.3 is 0 Å². The van der Waals surface area contributed by atoms with Gasteiger partial charge in [-0.25, -0.2) is 4.98 Å². The number of piperidine rings is 1. The topological polar surface area (TPSA) is 67.2 Å². The highest BCUT2D eigenvalue weighted by Crippen LogP contribution is 2.25. The van der Waals surface area contributed by atoms with E-state index < -0.39 is 0 Å². The fourth-order valence-corrected chi connectivity index (χ4v) is 3.81. The molecule has 1 aliphatic rings. The Morgan fingerprint density at radius 1 is 1.39 bits per heavy atom. The highest BCUT2D eigenvalue weighted by molar-refractivity contribution is 7.99. The lowest BCUT2D eigenvalue weighted by Crippen LogP contribution is -2.53. The van der Waals surface area contributed by atoms with Crippen molar-refractivity contribution in [2.45, 2.75) is 49.8 Å². The molecule has 0 aliphatic carbocycles. The Balaban J connectivity index is 0.00000196. The van der Waals surface area contributed by atoms with Crippen molar-refractivity contribution < 1.29 is 9.21 Å². The van der Waals surface area contributed by atoms with Crippen molar-refractivity contribution in [2.75, 3.05) is 6.54 Å². The number of thioether (sulfide) groups is 1. The van der Waals surface area contributed by atoms with Crippen molar-refractivity contribution in [3.8, 4) is 11.3 Å². The molecule has 0 radical (unpaired) electrons. The number of rotatable bonds is 6. The Morgan fingerprint density at radius 3 is 2.79 bits per heavy atom. The van der Waals surface area contributed by atoms with Gasteiger partial charge in [0.15, 0.2) is 5.76 Å². The largest absolute Gasteiger partial charge is 0.440 e. The molecule has 1 fully saturated rings. The molecule has 2 N–H and O–H groups in total. The van der Waals surface area contributed by atoms with E-state index in [0.29, 0.717) is 28.5 Å². The van der Waals surface area contributed by atoms with E-state index in [-0.39, 0.29) is 42.0 Å². The summed E-state index contributed by atoms with van der Waals surface area (Å²) in [6.07, 6.45) is 3.83. The minimum absolute atomic E-state index is 0. The van der Waals surface area contributed by atoms with Crippen LogP contribution in [0.25, 0.3) is 11.3 Å². The molecule has 28 heavy (non-hydrogen) atoms. The number of hydrogen-bond acceptors (Lipinski definition) is 5. The Morgan fingerprint density at radius 2 is 2.11 bits per heavy atom. The third-order valence-electron chi connectivity index (χ3n) is 4.60. The zero-order valence-corrected chi connectivity index (χ0v) is 19.0. The van der Waals surface area contributed by atoms with Gasteiger partial charge in [0.25, 0.3) is 0 Å². The van der Waals surface area contributed by atoms with Gasteiger partial charge in [-0.2, -0.15) is 0 Å². The summed E-state index contributed by atoms with van der Waals surface area (Å²) in [6, 6.07) is 7.96. The van der Waals surface area contributed by atoms with E-state index in [1.807, 2.05) is 31.2 Å². The second-order valence-electron chi connectivity index (χ2n) is 6.58. The van der Waals surface area contributed by atoms with Crippen LogP contribution in [0.3, 0.4) is 0 Å². The predicted octanol–water partition coefficient (Wildman–Crippen LogP) is 4.72. The first-order chi connectivity index (χ1) is 12.5. The quantitative estimate of drug-likeness (QED) is 0.645. The average molecular weight is 467 g/mol. The van der Waals surface area contributed by atoms with Gasteiger partial charge < -0.3 is 15.1 Å². The van der Waals surface area contributed by atoms with Crippen LogP contribution in [-0.4, -0.2) is 34.8 Å². The summed E-state index contributed by atoms with van der Waals surface area (Å²) in [5.41, 5.74) is 0.933. The number of aromatic nitrogens is 1. The molecule has 2 heterocycles. The van der Waals surface area contributed by atoms with Crippen LogP contribution in [0.2, 0.25) is 5.02 Å². The Bertz CT molecular complexity index is 742. The van der Waals surface area contributed by atoms with Gasteiger partial charge in [-0.1, -0.05) is 11.6 Å². The van der Waals surface area contributed by atoms with E-state index in [1.165, 1.54) is 11.8 Å². The maximum absolute atomic E-state index is 12.4. The first-order valence-electron chi connectivity index (χ1n) is 8.89. The van der Waals surface area contributed by atoms with Crippen LogP contribution >= 0.6 is 48.2 Å². The molecular formula is C19H26Cl3N3O2S. The molecule has 5 nitrogen and oxygen atoms in total. The second kappa shape index (κ2) is 11.9.